The maximum absolute atomic E-state index is 11.9. The SMILES string of the molecule is CC(CCC(=O)O)NC(=O)N1CCC(CCO)C1. The smallest absolute Gasteiger partial charge is 0.317 e. The van der Waals surface area contributed by atoms with E-state index in [1.54, 1.807) is 4.90 Å². The van der Waals surface area contributed by atoms with Gasteiger partial charge in [-0.05, 0) is 32.1 Å². The predicted octanol–water partition coefficient (Wildman–Crippen LogP) is 0.654. The monoisotopic (exact) mass is 258 g/mol. The van der Waals surface area contributed by atoms with Crippen molar-refractivity contribution in [3.8, 4) is 0 Å². The molecule has 1 fully saturated rings. The molecule has 0 saturated carbocycles. The second-order valence-corrected chi connectivity index (χ2v) is 4.90. The van der Waals surface area contributed by atoms with Crippen LogP contribution in [0.25, 0.3) is 0 Å². The Morgan fingerprint density at radius 2 is 2.22 bits per heavy atom. The van der Waals surface area contributed by atoms with Crippen molar-refractivity contribution in [2.45, 2.75) is 38.6 Å². The first-order valence-electron chi connectivity index (χ1n) is 6.41. The minimum Gasteiger partial charge on any atom is -0.481 e. The lowest BCUT2D eigenvalue weighted by atomic mass is 10.1. The minimum absolute atomic E-state index is 0.0641. The van der Waals surface area contributed by atoms with Crippen LogP contribution in [0.5, 0.6) is 0 Å². The van der Waals surface area contributed by atoms with Crippen molar-refractivity contribution in [3.05, 3.63) is 0 Å². The summed E-state index contributed by atoms with van der Waals surface area (Å²) >= 11 is 0. The van der Waals surface area contributed by atoms with Gasteiger partial charge in [0.1, 0.15) is 0 Å². The summed E-state index contributed by atoms with van der Waals surface area (Å²) < 4.78 is 0. The molecule has 3 N–H and O–H groups in total. The Hall–Kier alpha value is -1.30. The van der Waals surface area contributed by atoms with Crippen molar-refractivity contribution in [2.75, 3.05) is 19.7 Å². The molecular weight excluding hydrogens is 236 g/mol. The molecule has 2 atom stereocenters. The zero-order chi connectivity index (χ0) is 13.5. The summed E-state index contributed by atoms with van der Waals surface area (Å²) in [5.41, 5.74) is 0. The van der Waals surface area contributed by atoms with E-state index in [0.717, 1.165) is 12.8 Å². The van der Waals surface area contributed by atoms with Gasteiger partial charge in [-0.3, -0.25) is 4.79 Å². The van der Waals surface area contributed by atoms with Crippen LogP contribution >= 0.6 is 0 Å². The van der Waals surface area contributed by atoms with E-state index in [1.165, 1.54) is 0 Å². The first-order chi connectivity index (χ1) is 8.52. The quantitative estimate of drug-likeness (QED) is 0.652. The topological polar surface area (TPSA) is 89.9 Å². The zero-order valence-electron chi connectivity index (χ0n) is 10.8. The number of nitrogens with zero attached hydrogens (tertiary/aromatic N) is 1. The number of likely N-dealkylation sites (tertiary alicyclic amines) is 1. The molecule has 2 amide bonds. The van der Waals surface area contributed by atoms with Gasteiger partial charge in [-0.2, -0.15) is 0 Å². The third-order valence-electron chi connectivity index (χ3n) is 3.27. The normalized spacial score (nSPS) is 20.8. The van der Waals surface area contributed by atoms with E-state index in [0.29, 0.717) is 25.4 Å². The van der Waals surface area contributed by atoms with E-state index in [2.05, 4.69) is 5.32 Å². The number of hydrogen-bond acceptors (Lipinski definition) is 3. The van der Waals surface area contributed by atoms with Crippen LogP contribution in [0, 0.1) is 5.92 Å². The summed E-state index contributed by atoms with van der Waals surface area (Å²) in [7, 11) is 0. The highest BCUT2D eigenvalue weighted by Gasteiger charge is 2.26. The molecule has 1 heterocycles. The van der Waals surface area contributed by atoms with Gasteiger partial charge in [-0.15, -0.1) is 0 Å². The van der Waals surface area contributed by atoms with Gasteiger partial charge in [0.25, 0.3) is 0 Å². The Bertz CT molecular complexity index is 296. The number of carbonyl (C=O) groups is 2. The average molecular weight is 258 g/mol. The molecule has 6 nitrogen and oxygen atoms in total. The highest BCUT2D eigenvalue weighted by atomic mass is 16.4. The van der Waals surface area contributed by atoms with E-state index in [1.807, 2.05) is 6.92 Å². The van der Waals surface area contributed by atoms with Gasteiger partial charge >= 0.3 is 12.0 Å². The summed E-state index contributed by atoms with van der Waals surface area (Å²) in [6.45, 7) is 3.36. The Kier molecular flexibility index (Phi) is 5.91. The third kappa shape index (κ3) is 4.91. The standard InChI is InChI=1S/C12H22N2O4/c1-9(2-3-11(16)17)13-12(18)14-6-4-10(8-14)5-7-15/h9-10,15H,2-8H2,1H3,(H,13,18)(H,16,17). The van der Waals surface area contributed by atoms with Gasteiger partial charge in [0, 0.05) is 32.2 Å². The molecule has 0 aromatic carbocycles. The molecule has 0 radical (unpaired) electrons. The van der Waals surface area contributed by atoms with E-state index in [9.17, 15) is 9.59 Å². The first kappa shape index (κ1) is 14.8. The summed E-state index contributed by atoms with van der Waals surface area (Å²) in [6.07, 6.45) is 2.17. The van der Waals surface area contributed by atoms with Crippen molar-refractivity contribution in [3.63, 3.8) is 0 Å². The van der Waals surface area contributed by atoms with E-state index >= 15 is 0 Å². The molecule has 1 aliphatic rings. The highest BCUT2D eigenvalue weighted by molar-refractivity contribution is 5.75. The van der Waals surface area contributed by atoms with Crippen LogP contribution in [-0.2, 0) is 4.79 Å². The second-order valence-electron chi connectivity index (χ2n) is 4.90. The number of hydrogen-bond donors (Lipinski definition) is 3. The number of aliphatic hydroxyl groups is 1. The molecular formula is C12H22N2O4. The summed E-state index contributed by atoms with van der Waals surface area (Å²) in [5, 5.41) is 20.2. The van der Waals surface area contributed by atoms with Gasteiger partial charge in [-0.25, -0.2) is 4.79 Å². The van der Waals surface area contributed by atoms with Gasteiger partial charge < -0.3 is 20.4 Å². The average Bonchev–Trinajstić information content (AvgIpc) is 2.75. The lowest BCUT2D eigenvalue weighted by Crippen LogP contribution is -2.43. The van der Waals surface area contributed by atoms with Crippen molar-refractivity contribution in [1.29, 1.82) is 0 Å². The van der Waals surface area contributed by atoms with E-state index < -0.39 is 5.97 Å². The van der Waals surface area contributed by atoms with Gasteiger partial charge in [0.15, 0.2) is 0 Å². The van der Waals surface area contributed by atoms with Gasteiger partial charge in [0.05, 0.1) is 0 Å². The Morgan fingerprint density at radius 1 is 1.50 bits per heavy atom. The maximum atomic E-state index is 11.9. The number of carboxylic acid groups (broad SMARTS) is 1. The van der Waals surface area contributed by atoms with Crippen molar-refractivity contribution < 1.29 is 19.8 Å². The molecule has 18 heavy (non-hydrogen) atoms. The molecule has 6 heteroatoms. The Balaban J connectivity index is 2.26. The molecule has 1 aliphatic heterocycles. The van der Waals surface area contributed by atoms with Crippen LogP contribution in [0.1, 0.15) is 32.6 Å². The number of aliphatic carboxylic acids is 1. The molecule has 2 unspecified atom stereocenters. The molecule has 0 aromatic rings. The van der Waals surface area contributed by atoms with Crippen LogP contribution in [0.2, 0.25) is 0 Å². The first-order valence-corrected chi connectivity index (χ1v) is 6.41. The largest absolute Gasteiger partial charge is 0.481 e. The van der Waals surface area contributed by atoms with E-state index in [4.69, 9.17) is 10.2 Å². The lowest BCUT2D eigenvalue weighted by Gasteiger charge is -2.20. The van der Waals surface area contributed by atoms with Crippen LogP contribution in [-0.4, -0.2) is 52.9 Å². The van der Waals surface area contributed by atoms with Crippen LogP contribution in [0.15, 0.2) is 0 Å². The lowest BCUT2D eigenvalue weighted by molar-refractivity contribution is -0.137. The van der Waals surface area contributed by atoms with E-state index in [-0.39, 0.29) is 25.1 Å². The van der Waals surface area contributed by atoms with Gasteiger partial charge in [-0.1, -0.05) is 0 Å². The number of urea groups is 1. The molecule has 1 saturated heterocycles. The molecule has 104 valence electrons. The highest BCUT2D eigenvalue weighted by Crippen LogP contribution is 2.19. The number of amides is 2. The van der Waals surface area contributed by atoms with Crippen LogP contribution in [0.3, 0.4) is 0 Å². The van der Waals surface area contributed by atoms with Crippen molar-refractivity contribution in [1.82, 2.24) is 10.2 Å². The summed E-state index contributed by atoms with van der Waals surface area (Å²) in [6, 6.07) is -0.265. The summed E-state index contributed by atoms with van der Waals surface area (Å²) in [4.78, 5) is 24.0. The third-order valence-corrected chi connectivity index (χ3v) is 3.27. The molecule has 0 bridgehead atoms. The predicted molar refractivity (Wildman–Crippen MR) is 66.2 cm³/mol. The van der Waals surface area contributed by atoms with Gasteiger partial charge in [0.2, 0.25) is 0 Å². The Labute approximate surface area is 107 Å². The molecule has 1 rings (SSSR count). The molecule has 0 aliphatic carbocycles. The molecule has 0 spiro atoms. The fourth-order valence-electron chi connectivity index (χ4n) is 2.15. The number of nitrogens with one attached hydrogen (secondary N) is 1. The number of carboxylic acids is 1. The second kappa shape index (κ2) is 7.20. The zero-order valence-corrected chi connectivity index (χ0v) is 10.8. The van der Waals surface area contributed by atoms with Crippen molar-refractivity contribution >= 4 is 12.0 Å². The maximum Gasteiger partial charge on any atom is 0.317 e. The van der Waals surface area contributed by atoms with Crippen LogP contribution in [0.4, 0.5) is 4.79 Å². The Morgan fingerprint density at radius 3 is 2.83 bits per heavy atom. The minimum atomic E-state index is -0.847. The molecule has 0 aromatic heterocycles. The fraction of sp³-hybridized carbons (Fsp3) is 0.833. The van der Waals surface area contributed by atoms with Crippen LogP contribution < -0.4 is 5.32 Å². The fourth-order valence-corrected chi connectivity index (χ4v) is 2.15. The van der Waals surface area contributed by atoms with Crippen molar-refractivity contribution in [2.24, 2.45) is 5.92 Å². The number of aliphatic hydroxyl groups excluding tert-OH is 1. The number of rotatable bonds is 6. The summed E-state index contributed by atoms with van der Waals surface area (Å²) in [5.74, 6) is -0.463. The number of carbonyl (C=O) groups excluding carboxylic acids is 1.